The van der Waals surface area contributed by atoms with Crippen LogP contribution in [0.25, 0.3) is 0 Å². The maximum Gasteiger partial charge on any atom is 0.0868 e. The molecular weight excluding hydrogens is 186 g/mol. The van der Waals surface area contributed by atoms with Gasteiger partial charge in [0.2, 0.25) is 0 Å². The molecule has 15 heavy (non-hydrogen) atoms. The van der Waals surface area contributed by atoms with E-state index in [4.69, 9.17) is 10.5 Å². The molecule has 0 aromatic rings. The summed E-state index contributed by atoms with van der Waals surface area (Å²) in [5.74, 6) is 0. The molecule has 0 aliphatic heterocycles. The summed E-state index contributed by atoms with van der Waals surface area (Å²) in [6, 6.07) is 5.04. The van der Waals surface area contributed by atoms with Crippen molar-refractivity contribution in [2.45, 2.75) is 51.0 Å². The van der Waals surface area contributed by atoms with Gasteiger partial charge in [-0.05, 0) is 32.2 Å². The van der Waals surface area contributed by atoms with E-state index in [0.29, 0.717) is 19.0 Å². The highest BCUT2D eigenvalue weighted by molar-refractivity contribution is 4.84. The molecule has 3 heteroatoms. The zero-order chi connectivity index (χ0) is 10.9. The van der Waals surface area contributed by atoms with E-state index < -0.39 is 0 Å². The Morgan fingerprint density at radius 2 is 1.80 bits per heavy atom. The zero-order valence-electron chi connectivity index (χ0n) is 9.28. The predicted molar refractivity (Wildman–Crippen MR) is 58.9 cm³/mol. The Balaban J connectivity index is 2.24. The van der Waals surface area contributed by atoms with Gasteiger partial charge in [-0.2, -0.15) is 10.5 Å². The Bertz CT molecular complexity index is 243. The first-order valence-electron chi connectivity index (χ1n) is 5.86. The number of hydrogen-bond donors (Lipinski definition) is 0. The van der Waals surface area contributed by atoms with Gasteiger partial charge >= 0.3 is 0 Å². The fraction of sp³-hybridized carbons (Fsp3) is 0.833. The summed E-state index contributed by atoms with van der Waals surface area (Å²) in [5.41, 5.74) is 0. The van der Waals surface area contributed by atoms with Crippen molar-refractivity contribution in [1.29, 1.82) is 10.5 Å². The lowest BCUT2D eigenvalue weighted by Gasteiger charge is -2.25. The summed E-state index contributed by atoms with van der Waals surface area (Å²) in [6.45, 7) is 1.54. The van der Waals surface area contributed by atoms with Crippen LogP contribution in [0, 0.1) is 22.7 Å². The van der Waals surface area contributed by atoms with Gasteiger partial charge in [-0.15, -0.1) is 0 Å². The summed E-state index contributed by atoms with van der Waals surface area (Å²) in [4.78, 5) is 2.30. The van der Waals surface area contributed by atoms with Crippen LogP contribution in [0.2, 0.25) is 0 Å². The van der Waals surface area contributed by atoms with Gasteiger partial charge < -0.3 is 0 Å². The van der Waals surface area contributed by atoms with Crippen molar-refractivity contribution in [3.05, 3.63) is 0 Å². The van der Waals surface area contributed by atoms with Crippen molar-refractivity contribution < 1.29 is 0 Å². The van der Waals surface area contributed by atoms with E-state index in [1.165, 1.54) is 25.7 Å². The molecule has 1 saturated carbocycles. The van der Waals surface area contributed by atoms with Crippen LogP contribution >= 0.6 is 0 Å². The molecule has 1 fully saturated rings. The molecule has 0 aromatic carbocycles. The number of nitriles is 2. The molecule has 1 aliphatic rings. The average molecular weight is 205 g/mol. The smallest absolute Gasteiger partial charge is 0.0868 e. The van der Waals surface area contributed by atoms with Crippen LogP contribution in [-0.2, 0) is 0 Å². The molecule has 0 unspecified atom stereocenters. The van der Waals surface area contributed by atoms with Crippen molar-refractivity contribution in [3.8, 4) is 12.1 Å². The van der Waals surface area contributed by atoms with Crippen molar-refractivity contribution in [3.63, 3.8) is 0 Å². The van der Waals surface area contributed by atoms with Crippen molar-refractivity contribution in [2.75, 3.05) is 13.1 Å². The molecule has 0 aromatic heterocycles. The number of unbranched alkanes of at least 4 members (excludes halogenated alkanes) is 2. The molecule has 0 amide bonds. The molecule has 0 radical (unpaired) electrons. The lowest BCUT2D eigenvalue weighted by Crippen LogP contribution is -2.34. The maximum absolute atomic E-state index is 8.76. The standard InChI is InChI=1S/C12H19N3/c13-8-4-1-5-10-15(11-9-14)12-6-2-3-7-12/h12H,1-7,10-11H2. The lowest BCUT2D eigenvalue weighted by molar-refractivity contribution is 0.219. The SMILES string of the molecule is N#CCCCCN(CC#N)C1CCCC1. The first-order chi connectivity index (χ1) is 7.38. The van der Waals surface area contributed by atoms with Gasteiger partial charge in [-0.3, -0.25) is 4.90 Å². The molecule has 0 N–H and O–H groups in total. The first kappa shape index (κ1) is 12.0. The number of rotatable bonds is 6. The van der Waals surface area contributed by atoms with E-state index in [1.807, 2.05) is 0 Å². The molecule has 0 atom stereocenters. The van der Waals surface area contributed by atoms with Crippen LogP contribution in [0.5, 0.6) is 0 Å². The number of nitrogens with zero attached hydrogens (tertiary/aromatic N) is 3. The van der Waals surface area contributed by atoms with E-state index >= 15 is 0 Å². The topological polar surface area (TPSA) is 50.8 Å². The molecule has 0 bridgehead atoms. The van der Waals surface area contributed by atoms with Crippen LogP contribution in [0.1, 0.15) is 44.9 Å². The highest BCUT2D eigenvalue weighted by Gasteiger charge is 2.21. The average Bonchev–Trinajstić information content (AvgIpc) is 2.76. The van der Waals surface area contributed by atoms with E-state index in [-0.39, 0.29) is 0 Å². The van der Waals surface area contributed by atoms with E-state index in [2.05, 4.69) is 17.0 Å². The third kappa shape index (κ3) is 4.32. The zero-order valence-corrected chi connectivity index (χ0v) is 9.28. The maximum atomic E-state index is 8.76. The molecule has 0 heterocycles. The molecule has 1 aliphatic carbocycles. The molecule has 3 nitrogen and oxygen atoms in total. The molecular formula is C12H19N3. The Labute approximate surface area is 92.3 Å². The van der Waals surface area contributed by atoms with Crippen molar-refractivity contribution in [2.24, 2.45) is 0 Å². The lowest BCUT2D eigenvalue weighted by atomic mass is 10.1. The summed E-state index contributed by atoms with van der Waals surface area (Å²) in [7, 11) is 0. The van der Waals surface area contributed by atoms with Gasteiger partial charge in [-0.25, -0.2) is 0 Å². The second kappa shape index (κ2) is 7.26. The Hall–Kier alpha value is -1.06. The van der Waals surface area contributed by atoms with Crippen LogP contribution in [-0.4, -0.2) is 24.0 Å². The number of hydrogen-bond acceptors (Lipinski definition) is 3. The minimum atomic E-state index is 0.553. The van der Waals surface area contributed by atoms with E-state index in [9.17, 15) is 0 Å². The second-order valence-corrected chi connectivity index (χ2v) is 4.18. The molecule has 82 valence electrons. The van der Waals surface area contributed by atoms with Crippen LogP contribution in [0.3, 0.4) is 0 Å². The highest BCUT2D eigenvalue weighted by Crippen LogP contribution is 2.23. The largest absolute Gasteiger partial charge is 0.288 e. The summed E-state index contributed by atoms with van der Waals surface area (Å²) in [5, 5.41) is 17.2. The highest BCUT2D eigenvalue weighted by atomic mass is 15.1. The van der Waals surface area contributed by atoms with E-state index in [0.717, 1.165) is 19.4 Å². The summed E-state index contributed by atoms with van der Waals surface area (Å²) < 4.78 is 0. The minimum absolute atomic E-state index is 0.553. The van der Waals surface area contributed by atoms with Gasteiger partial charge in [0.15, 0.2) is 0 Å². The summed E-state index contributed by atoms with van der Waals surface area (Å²) in [6.07, 6.45) is 7.78. The van der Waals surface area contributed by atoms with Crippen LogP contribution < -0.4 is 0 Å². The third-order valence-corrected chi connectivity index (χ3v) is 3.10. The van der Waals surface area contributed by atoms with Crippen LogP contribution in [0.4, 0.5) is 0 Å². The molecule has 1 rings (SSSR count). The predicted octanol–water partition coefficient (Wildman–Crippen LogP) is 2.45. The Morgan fingerprint density at radius 1 is 1.07 bits per heavy atom. The normalized spacial score (nSPS) is 16.5. The van der Waals surface area contributed by atoms with Crippen LogP contribution in [0.15, 0.2) is 0 Å². The monoisotopic (exact) mass is 205 g/mol. The molecule has 0 spiro atoms. The fourth-order valence-electron chi connectivity index (χ4n) is 2.27. The van der Waals surface area contributed by atoms with Crippen molar-refractivity contribution >= 4 is 0 Å². The summed E-state index contributed by atoms with van der Waals surface area (Å²) >= 11 is 0. The van der Waals surface area contributed by atoms with Gasteiger partial charge in [0.05, 0.1) is 18.7 Å². The first-order valence-corrected chi connectivity index (χ1v) is 5.86. The second-order valence-electron chi connectivity index (χ2n) is 4.18. The van der Waals surface area contributed by atoms with Gasteiger partial charge in [0.25, 0.3) is 0 Å². The molecule has 0 saturated heterocycles. The Kier molecular flexibility index (Phi) is 5.81. The fourth-order valence-corrected chi connectivity index (χ4v) is 2.27. The third-order valence-electron chi connectivity index (χ3n) is 3.10. The van der Waals surface area contributed by atoms with Crippen molar-refractivity contribution in [1.82, 2.24) is 4.90 Å². The van der Waals surface area contributed by atoms with Gasteiger partial charge in [0, 0.05) is 12.5 Å². The van der Waals surface area contributed by atoms with Gasteiger partial charge in [0.1, 0.15) is 0 Å². The van der Waals surface area contributed by atoms with Gasteiger partial charge in [-0.1, -0.05) is 12.8 Å². The Morgan fingerprint density at radius 3 is 2.40 bits per heavy atom. The van der Waals surface area contributed by atoms with E-state index in [1.54, 1.807) is 0 Å². The minimum Gasteiger partial charge on any atom is -0.288 e. The quantitative estimate of drug-likeness (QED) is 0.494.